The summed E-state index contributed by atoms with van der Waals surface area (Å²) in [6.07, 6.45) is 0. The molecule has 1 aromatic rings. The van der Waals surface area contributed by atoms with Crippen LogP contribution in [0.25, 0.3) is 0 Å². The molecule has 0 spiro atoms. The zero-order valence-corrected chi connectivity index (χ0v) is 16.5. The molecule has 0 radical (unpaired) electrons. The lowest BCUT2D eigenvalue weighted by Gasteiger charge is -2.35. The van der Waals surface area contributed by atoms with Crippen molar-refractivity contribution in [3.05, 3.63) is 30.1 Å². The monoisotopic (exact) mass is 413 g/mol. The molecule has 2 aliphatic carbocycles. The quantitative estimate of drug-likeness (QED) is 0.374. The van der Waals surface area contributed by atoms with E-state index in [-0.39, 0.29) is 30.4 Å². The fourth-order valence-corrected chi connectivity index (χ4v) is 5.83. The summed E-state index contributed by atoms with van der Waals surface area (Å²) in [7, 11) is 1.40. The minimum absolute atomic E-state index is 0.0331. The number of methoxy groups -OCH3 is 1. The van der Waals surface area contributed by atoms with Gasteiger partial charge in [-0.1, -0.05) is 6.92 Å². The molecule has 0 bridgehead atoms. The second kappa shape index (κ2) is 8.36. The number of esters is 2. The number of ether oxygens (including phenoxy) is 3. The highest BCUT2D eigenvalue weighted by Gasteiger charge is 2.76. The third-order valence-corrected chi connectivity index (χ3v) is 7.00. The van der Waals surface area contributed by atoms with Gasteiger partial charge in [-0.25, -0.2) is 9.18 Å². The molecule has 1 unspecified atom stereocenters. The van der Waals surface area contributed by atoms with Crippen LogP contribution in [-0.2, 0) is 23.8 Å². The average Bonchev–Trinajstić information content (AvgIpc) is 3.39. The predicted octanol–water partition coefficient (Wildman–Crippen LogP) is 1.38. The van der Waals surface area contributed by atoms with Crippen LogP contribution in [0, 0.1) is 35.4 Å². The van der Waals surface area contributed by atoms with Crippen LogP contribution in [-0.4, -0.2) is 49.0 Å². The Morgan fingerprint density at radius 1 is 1.29 bits per heavy atom. The van der Waals surface area contributed by atoms with Crippen LogP contribution in [0.15, 0.2) is 29.2 Å². The molecule has 0 aliphatic heterocycles. The average molecular weight is 413 g/mol. The second-order valence-corrected chi connectivity index (χ2v) is 8.32. The first-order valence-corrected chi connectivity index (χ1v) is 9.95. The van der Waals surface area contributed by atoms with Gasteiger partial charge in [-0.15, -0.1) is 11.8 Å². The summed E-state index contributed by atoms with van der Waals surface area (Å²) in [5, 5.41) is 8.87. The van der Waals surface area contributed by atoms with Crippen LogP contribution >= 0.6 is 11.8 Å². The Bertz CT molecular complexity index is 732. The van der Waals surface area contributed by atoms with Crippen molar-refractivity contribution in [1.82, 2.24) is 0 Å². The first-order chi connectivity index (χ1) is 13.4. The maximum absolute atomic E-state index is 13.1. The van der Waals surface area contributed by atoms with Gasteiger partial charge in [0.1, 0.15) is 11.4 Å². The highest BCUT2D eigenvalue weighted by molar-refractivity contribution is 7.99. The Kier molecular flexibility index (Phi) is 6.28. The standard InChI is InChI=1S/C19H24FNO6S/c1-10-13(7-28-12-5-3-11(20)4-6-12)19(21,18(24)27-9-25-2)16-14(10)15(16)17(23)26-8-22/h3-6,10,13-16,22H,7-9,21H2,1-2H3/t10-,13?,14+,15+,16+,19+/m1/s1. The zero-order chi connectivity index (χ0) is 20.5. The van der Waals surface area contributed by atoms with Gasteiger partial charge in [0.2, 0.25) is 0 Å². The number of halogens is 1. The third-order valence-electron chi connectivity index (χ3n) is 5.87. The first-order valence-electron chi connectivity index (χ1n) is 8.97. The van der Waals surface area contributed by atoms with Crippen LogP contribution in [0.2, 0.25) is 0 Å². The number of hydrogen-bond acceptors (Lipinski definition) is 8. The minimum Gasteiger partial charge on any atom is -0.438 e. The van der Waals surface area contributed by atoms with Crippen molar-refractivity contribution < 1.29 is 33.3 Å². The predicted molar refractivity (Wildman–Crippen MR) is 98.3 cm³/mol. The number of carbonyl (C=O) groups is 2. The Morgan fingerprint density at radius 3 is 2.57 bits per heavy atom. The maximum atomic E-state index is 13.1. The number of fused-ring (bicyclic) bond motifs is 1. The van der Waals surface area contributed by atoms with E-state index in [0.717, 1.165) is 4.90 Å². The number of aliphatic hydroxyl groups is 1. The number of benzene rings is 1. The number of carbonyl (C=O) groups excluding carboxylic acids is 2. The van der Waals surface area contributed by atoms with Crippen LogP contribution < -0.4 is 5.73 Å². The van der Waals surface area contributed by atoms with Gasteiger partial charge >= 0.3 is 11.9 Å². The molecule has 3 rings (SSSR count). The van der Waals surface area contributed by atoms with E-state index in [0.29, 0.717) is 5.75 Å². The topological polar surface area (TPSA) is 108 Å². The number of hydrogen-bond donors (Lipinski definition) is 2. The molecular formula is C19H24FNO6S. The molecular weight excluding hydrogens is 389 g/mol. The molecule has 1 aromatic carbocycles. The molecule has 7 nitrogen and oxygen atoms in total. The minimum atomic E-state index is -1.37. The van der Waals surface area contributed by atoms with E-state index in [1.54, 1.807) is 12.1 Å². The first kappa shape index (κ1) is 21.0. The number of aliphatic hydroxyl groups excluding tert-OH is 1. The zero-order valence-electron chi connectivity index (χ0n) is 15.7. The second-order valence-electron chi connectivity index (χ2n) is 7.22. The van der Waals surface area contributed by atoms with Crippen LogP contribution in [0.5, 0.6) is 0 Å². The van der Waals surface area contributed by atoms with Crippen LogP contribution in [0.3, 0.4) is 0 Å². The van der Waals surface area contributed by atoms with Gasteiger partial charge in [0, 0.05) is 29.6 Å². The highest BCUT2D eigenvalue weighted by atomic mass is 32.2. The fraction of sp³-hybridized carbons (Fsp3) is 0.579. The third kappa shape index (κ3) is 3.63. The summed E-state index contributed by atoms with van der Waals surface area (Å²) >= 11 is 1.47. The summed E-state index contributed by atoms with van der Waals surface area (Å²) in [4.78, 5) is 25.8. The van der Waals surface area contributed by atoms with Crippen LogP contribution in [0.4, 0.5) is 4.39 Å². The molecule has 28 heavy (non-hydrogen) atoms. The molecule has 154 valence electrons. The summed E-state index contributed by atoms with van der Waals surface area (Å²) < 4.78 is 27.8. The van der Waals surface area contributed by atoms with Crippen LogP contribution in [0.1, 0.15) is 6.92 Å². The van der Waals surface area contributed by atoms with Crippen molar-refractivity contribution in [3.8, 4) is 0 Å². The molecule has 2 fully saturated rings. The molecule has 0 amide bonds. The lowest BCUT2D eigenvalue weighted by Crippen LogP contribution is -2.58. The highest BCUT2D eigenvalue weighted by Crippen LogP contribution is 2.67. The molecule has 9 heteroatoms. The summed E-state index contributed by atoms with van der Waals surface area (Å²) in [5.41, 5.74) is 5.24. The Labute approximate surface area is 166 Å². The van der Waals surface area contributed by atoms with E-state index in [2.05, 4.69) is 0 Å². The van der Waals surface area contributed by atoms with E-state index in [4.69, 9.17) is 25.1 Å². The Morgan fingerprint density at radius 2 is 1.96 bits per heavy atom. The molecule has 6 atom stereocenters. The molecule has 3 N–H and O–H groups in total. The number of nitrogens with two attached hydrogens (primary N) is 1. The van der Waals surface area contributed by atoms with Crippen molar-refractivity contribution in [2.45, 2.75) is 17.4 Å². The van der Waals surface area contributed by atoms with Crippen molar-refractivity contribution in [2.75, 3.05) is 26.4 Å². The molecule has 0 saturated heterocycles. The van der Waals surface area contributed by atoms with E-state index >= 15 is 0 Å². The normalized spacial score (nSPS) is 33.2. The molecule has 2 aliphatic rings. The van der Waals surface area contributed by atoms with Crippen molar-refractivity contribution in [3.63, 3.8) is 0 Å². The Hall–Kier alpha value is -1.68. The largest absolute Gasteiger partial charge is 0.438 e. The van der Waals surface area contributed by atoms with Gasteiger partial charge in [0.25, 0.3) is 0 Å². The van der Waals surface area contributed by atoms with Crippen molar-refractivity contribution in [2.24, 2.45) is 35.3 Å². The van der Waals surface area contributed by atoms with Gasteiger partial charge < -0.3 is 25.1 Å². The molecule has 0 aromatic heterocycles. The van der Waals surface area contributed by atoms with Gasteiger partial charge in [-0.3, -0.25) is 4.79 Å². The van der Waals surface area contributed by atoms with Crippen molar-refractivity contribution >= 4 is 23.7 Å². The maximum Gasteiger partial charge on any atom is 0.328 e. The number of thioether (sulfide) groups is 1. The van der Waals surface area contributed by atoms with Gasteiger partial charge in [-0.2, -0.15) is 0 Å². The number of rotatable bonds is 8. The Balaban J connectivity index is 1.79. The van der Waals surface area contributed by atoms with E-state index in [9.17, 15) is 14.0 Å². The van der Waals surface area contributed by atoms with E-state index in [1.165, 1.54) is 31.0 Å². The van der Waals surface area contributed by atoms with Gasteiger partial charge in [-0.05, 0) is 36.1 Å². The summed E-state index contributed by atoms with van der Waals surface area (Å²) in [6.45, 7) is 1.02. The van der Waals surface area contributed by atoms with Gasteiger partial charge in [0.05, 0.1) is 5.92 Å². The van der Waals surface area contributed by atoms with Gasteiger partial charge in [0.15, 0.2) is 13.6 Å². The molecule has 2 saturated carbocycles. The fourth-order valence-electron chi connectivity index (χ4n) is 4.55. The lowest BCUT2D eigenvalue weighted by molar-refractivity contribution is -0.164. The summed E-state index contributed by atoms with van der Waals surface area (Å²) in [6, 6.07) is 6.09. The van der Waals surface area contributed by atoms with E-state index < -0.39 is 36.1 Å². The SMILES string of the molecule is COCOC(=O)[C@]1(N)C(CSc2ccc(F)cc2)[C@@H](C)[C@H]2[C@H](C(=O)OCO)[C@H]21. The van der Waals surface area contributed by atoms with E-state index in [1.807, 2.05) is 6.92 Å². The molecule has 0 heterocycles. The summed E-state index contributed by atoms with van der Waals surface area (Å²) in [5.74, 6) is -2.31. The smallest absolute Gasteiger partial charge is 0.328 e. The lowest BCUT2D eigenvalue weighted by atomic mass is 9.78. The van der Waals surface area contributed by atoms with Crippen molar-refractivity contribution in [1.29, 1.82) is 0 Å².